The van der Waals surface area contributed by atoms with Crippen LogP contribution >= 0.6 is 0 Å². The fourth-order valence-corrected chi connectivity index (χ4v) is 1.68. The van der Waals surface area contributed by atoms with Crippen molar-refractivity contribution in [2.45, 2.75) is 18.9 Å². The standard InChI is InChI=1S/C14H14N4O/c19-13(16-10-4-2-1-3-5-10)12-8-9-15-14(18-12)17-11-6-7-11/h1-5,8-9,11H,6-7H2,(H,16,19)(H,15,17,18). The van der Waals surface area contributed by atoms with Crippen LogP contribution in [-0.2, 0) is 0 Å². The number of amides is 1. The number of benzene rings is 1. The second kappa shape index (κ2) is 5.06. The molecule has 96 valence electrons. The highest BCUT2D eigenvalue weighted by atomic mass is 16.1. The highest BCUT2D eigenvalue weighted by Crippen LogP contribution is 2.22. The summed E-state index contributed by atoms with van der Waals surface area (Å²) in [5.41, 5.74) is 1.12. The normalized spacial score (nSPS) is 13.9. The molecule has 2 aromatic rings. The first-order valence-electron chi connectivity index (χ1n) is 6.27. The molecule has 0 spiro atoms. The second-order valence-corrected chi connectivity index (χ2v) is 4.50. The molecule has 0 bridgehead atoms. The molecular weight excluding hydrogens is 240 g/mol. The topological polar surface area (TPSA) is 66.9 Å². The molecule has 1 aliphatic rings. The lowest BCUT2D eigenvalue weighted by molar-refractivity contribution is 0.102. The summed E-state index contributed by atoms with van der Waals surface area (Å²) < 4.78 is 0. The van der Waals surface area contributed by atoms with Gasteiger partial charge >= 0.3 is 0 Å². The van der Waals surface area contributed by atoms with Gasteiger partial charge in [0.25, 0.3) is 5.91 Å². The molecule has 0 aliphatic heterocycles. The molecule has 19 heavy (non-hydrogen) atoms. The molecule has 1 amide bonds. The predicted octanol–water partition coefficient (Wildman–Crippen LogP) is 2.30. The lowest BCUT2D eigenvalue weighted by Crippen LogP contribution is -2.15. The van der Waals surface area contributed by atoms with Gasteiger partial charge in [-0.3, -0.25) is 4.79 Å². The summed E-state index contributed by atoms with van der Waals surface area (Å²) in [7, 11) is 0. The van der Waals surface area contributed by atoms with Crippen LogP contribution in [-0.4, -0.2) is 21.9 Å². The zero-order chi connectivity index (χ0) is 13.1. The van der Waals surface area contributed by atoms with Crippen LogP contribution in [0.25, 0.3) is 0 Å². The zero-order valence-corrected chi connectivity index (χ0v) is 10.3. The Morgan fingerprint density at radius 1 is 1.16 bits per heavy atom. The molecule has 1 heterocycles. The van der Waals surface area contributed by atoms with E-state index in [0.717, 1.165) is 18.5 Å². The Kier molecular flexibility index (Phi) is 3.10. The minimum absolute atomic E-state index is 0.229. The van der Waals surface area contributed by atoms with Crippen LogP contribution in [0.2, 0.25) is 0 Å². The van der Waals surface area contributed by atoms with Gasteiger partial charge in [-0.05, 0) is 31.0 Å². The summed E-state index contributed by atoms with van der Waals surface area (Å²) in [6, 6.07) is 11.4. The van der Waals surface area contributed by atoms with E-state index >= 15 is 0 Å². The van der Waals surface area contributed by atoms with E-state index in [4.69, 9.17) is 0 Å². The first-order valence-corrected chi connectivity index (χ1v) is 6.27. The van der Waals surface area contributed by atoms with E-state index in [2.05, 4.69) is 20.6 Å². The maximum atomic E-state index is 12.0. The average Bonchev–Trinajstić information content (AvgIpc) is 3.24. The summed E-state index contributed by atoms with van der Waals surface area (Å²) >= 11 is 0. The lowest BCUT2D eigenvalue weighted by Gasteiger charge is -2.06. The van der Waals surface area contributed by atoms with Gasteiger partial charge < -0.3 is 10.6 Å². The molecule has 2 N–H and O–H groups in total. The van der Waals surface area contributed by atoms with Gasteiger partial charge in [-0.15, -0.1) is 0 Å². The van der Waals surface area contributed by atoms with E-state index in [1.807, 2.05) is 30.3 Å². The fraction of sp³-hybridized carbons (Fsp3) is 0.214. The van der Waals surface area contributed by atoms with E-state index < -0.39 is 0 Å². The Morgan fingerprint density at radius 2 is 1.95 bits per heavy atom. The number of rotatable bonds is 4. The summed E-state index contributed by atoms with van der Waals surface area (Å²) in [5.74, 6) is 0.288. The number of aromatic nitrogens is 2. The number of anilines is 2. The molecule has 5 heteroatoms. The van der Waals surface area contributed by atoms with Gasteiger partial charge in [0.1, 0.15) is 5.69 Å². The van der Waals surface area contributed by atoms with Crippen LogP contribution in [0.15, 0.2) is 42.6 Å². The van der Waals surface area contributed by atoms with Crippen LogP contribution in [0.5, 0.6) is 0 Å². The highest BCUT2D eigenvalue weighted by Gasteiger charge is 2.22. The van der Waals surface area contributed by atoms with Crippen molar-refractivity contribution in [3.8, 4) is 0 Å². The molecule has 1 aliphatic carbocycles. The van der Waals surface area contributed by atoms with Gasteiger partial charge in [-0.25, -0.2) is 9.97 Å². The Morgan fingerprint density at radius 3 is 2.68 bits per heavy atom. The van der Waals surface area contributed by atoms with Gasteiger partial charge in [0.05, 0.1) is 0 Å². The van der Waals surface area contributed by atoms with Crippen molar-refractivity contribution in [3.05, 3.63) is 48.3 Å². The van der Waals surface area contributed by atoms with Crippen molar-refractivity contribution in [2.75, 3.05) is 10.6 Å². The molecular formula is C14H14N4O. The first-order chi connectivity index (χ1) is 9.31. The molecule has 1 aromatic carbocycles. The fourth-order valence-electron chi connectivity index (χ4n) is 1.68. The Hall–Kier alpha value is -2.43. The van der Waals surface area contributed by atoms with Gasteiger partial charge in [0, 0.05) is 17.9 Å². The van der Waals surface area contributed by atoms with Crippen LogP contribution in [0.4, 0.5) is 11.6 Å². The van der Waals surface area contributed by atoms with Gasteiger partial charge in [-0.2, -0.15) is 0 Å². The monoisotopic (exact) mass is 254 g/mol. The molecule has 0 unspecified atom stereocenters. The first kappa shape index (κ1) is 11.6. The van der Waals surface area contributed by atoms with E-state index in [0.29, 0.717) is 17.7 Å². The number of hydrogen-bond acceptors (Lipinski definition) is 4. The van der Waals surface area contributed by atoms with Crippen LogP contribution in [0, 0.1) is 0 Å². The summed E-state index contributed by atoms with van der Waals surface area (Å²) in [6.45, 7) is 0. The predicted molar refractivity (Wildman–Crippen MR) is 73.1 cm³/mol. The zero-order valence-electron chi connectivity index (χ0n) is 10.3. The highest BCUT2D eigenvalue weighted by molar-refractivity contribution is 6.02. The number of nitrogens with zero attached hydrogens (tertiary/aromatic N) is 2. The molecule has 0 saturated heterocycles. The van der Waals surface area contributed by atoms with Crippen molar-refractivity contribution in [2.24, 2.45) is 0 Å². The SMILES string of the molecule is O=C(Nc1ccccc1)c1ccnc(NC2CC2)n1. The Labute approximate surface area is 111 Å². The van der Waals surface area contributed by atoms with Crippen molar-refractivity contribution >= 4 is 17.5 Å². The minimum Gasteiger partial charge on any atom is -0.351 e. The maximum absolute atomic E-state index is 12.0. The number of nitrogens with one attached hydrogen (secondary N) is 2. The molecule has 3 rings (SSSR count). The van der Waals surface area contributed by atoms with Gasteiger partial charge in [-0.1, -0.05) is 18.2 Å². The summed E-state index contributed by atoms with van der Waals surface area (Å²) in [5, 5.41) is 5.97. The van der Waals surface area contributed by atoms with Crippen molar-refractivity contribution in [1.29, 1.82) is 0 Å². The maximum Gasteiger partial charge on any atom is 0.274 e. The number of carbonyl (C=O) groups is 1. The largest absolute Gasteiger partial charge is 0.351 e. The van der Waals surface area contributed by atoms with E-state index in [9.17, 15) is 4.79 Å². The second-order valence-electron chi connectivity index (χ2n) is 4.50. The van der Waals surface area contributed by atoms with E-state index in [1.54, 1.807) is 12.3 Å². The quantitative estimate of drug-likeness (QED) is 0.878. The van der Waals surface area contributed by atoms with Crippen LogP contribution < -0.4 is 10.6 Å². The smallest absolute Gasteiger partial charge is 0.274 e. The van der Waals surface area contributed by atoms with Crippen molar-refractivity contribution in [1.82, 2.24) is 9.97 Å². The van der Waals surface area contributed by atoms with E-state index in [-0.39, 0.29) is 5.91 Å². The lowest BCUT2D eigenvalue weighted by atomic mass is 10.3. The third-order valence-corrected chi connectivity index (χ3v) is 2.83. The molecule has 1 fully saturated rings. The van der Waals surface area contributed by atoms with Crippen molar-refractivity contribution in [3.63, 3.8) is 0 Å². The summed E-state index contributed by atoms with van der Waals surface area (Å²) in [6.07, 6.45) is 3.88. The molecule has 0 radical (unpaired) electrons. The van der Waals surface area contributed by atoms with Crippen molar-refractivity contribution < 1.29 is 4.79 Å². The minimum atomic E-state index is -0.229. The molecule has 1 saturated carbocycles. The number of para-hydroxylation sites is 1. The molecule has 1 aromatic heterocycles. The number of carbonyl (C=O) groups excluding carboxylic acids is 1. The third kappa shape index (κ3) is 3.07. The summed E-state index contributed by atoms with van der Waals surface area (Å²) in [4.78, 5) is 20.4. The van der Waals surface area contributed by atoms with E-state index in [1.165, 1.54) is 0 Å². The Balaban J connectivity index is 1.72. The molecule has 0 atom stereocenters. The van der Waals surface area contributed by atoms with Crippen LogP contribution in [0.3, 0.4) is 0 Å². The van der Waals surface area contributed by atoms with Gasteiger partial charge in [0.2, 0.25) is 5.95 Å². The third-order valence-electron chi connectivity index (χ3n) is 2.83. The van der Waals surface area contributed by atoms with Gasteiger partial charge in [0.15, 0.2) is 0 Å². The molecule has 5 nitrogen and oxygen atoms in total. The Bertz CT molecular complexity index is 581. The number of hydrogen-bond donors (Lipinski definition) is 2. The van der Waals surface area contributed by atoms with Crippen LogP contribution in [0.1, 0.15) is 23.3 Å². The average molecular weight is 254 g/mol.